The second kappa shape index (κ2) is 9.91. The first kappa shape index (κ1) is 21.5. The fourth-order valence-electron chi connectivity index (χ4n) is 2.44. The Kier molecular flexibility index (Phi) is 7.60. The number of nitrogens with one attached hydrogen (secondary N) is 2. The van der Waals surface area contributed by atoms with E-state index in [1.165, 1.54) is 25.3 Å². The van der Waals surface area contributed by atoms with Crippen molar-refractivity contribution in [2.45, 2.75) is 13.0 Å². The number of nitro benzene ring substituents is 1. The van der Waals surface area contributed by atoms with Gasteiger partial charge in [0.2, 0.25) is 0 Å². The van der Waals surface area contributed by atoms with Gasteiger partial charge in [-0.15, -0.1) is 0 Å². The summed E-state index contributed by atoms with van der Waals surface area (Å²) in [6.07, 6.45) is 0. The summed E-state index contributed by atoms with van der Waals surface area (Å²) in [6, 6.07) is 10.8. The molecule has 0 spiro atoms. The van der Waals surface area contributed by atoms with E-state index < -0.39 is 4.92 Å². The number of non-ortho nitro benzene ring substituents is 1. The Morgan fingerprint density at radius 2 is 1.96 bits per heavy atom. The van der Waals surface area contributed by atoms with Gasteiger partial charge in [-0.25, -0.2) is 0 Å². The van der Waals surface area contributed by atoms with E-state index in [1.54, 1.807) is 31.2 Å². The van der Waals surface area contributed by atoms with Crippen molar-refractivity contribution in [2.75, 3.05) is 32.6 Å². The number of nitro groups is 1. The van der Waals surface area contributed by atoms with Crippen LogP contribution in [0.2, 0.25) is 5.02 Å². The van der Waals surface area contributed by atoms with Gasteiger partial charge in [0.15, 0.2) is 6.04 Å². The summed E-state index contributed by atoms with van der Waals surface area (Å²) in [5, 5.41) is 14.3. The number of ether oxygens (including phenoxy) is 2. The number of carbonyl (C=O) groups is 1. The zero-order valence-electron chi connectivity index (χ0n) is 15.9. The monoisotopic (exact) mass is 408 g/mol. The molecular weight excluding hydrogens is 386 g/mol. The van der Waals surface area contributed by atoms with Gasteiger partial charge in [0.1, 0.15) is 24.7 Å². The highest BCUT2D eigenvalue weighted by Crippen LogP contribution is 2.28. The highest BCUT2D eigenvalue weighted by Gasteiger charge is 2.23. The van der Waals surface area contributed by atoms with Crippen LogP contribution in [0.4, 0.5) is 11.4 Å². The van der Waals surface area contributed by atoms with Crippen molar-refractivity contribution in [3.05, 3.63) is 57.6 Å². The maximum absolute atomic E-state index is 12.5. The number of halogens is 1. The third-order valence-electron chi connectivity index (χ3n) is 4.37. The van der Waals surface area contributed by atoms with Crippen molar-refractivity contribution in [3.63, 3.8) is 0 Å². The average Bonchev–Trinajstić information content (AvgIpc) is 2.68. The normalized spacial score (nSPS) is 12.7. The molecule has 0 aliphatic heterocycles. The molecule has 0 aliphatic rings. The highest BCUT2D eigenvalue weighted by molar-refractivity contribution is 6.30. The fraction of sp³-hybridized carbons (Fsp3) is 0.316. The topological polar surface area (TPSA) is 95.1 Å². The maximum Gasteiger partial charge on any atom is 0.282 e. The molecule has 0 heterocycles. The van der Waals surface area contributed by atoms with E-state index in [0.717, 1.165) is 4.90 Å². The van der Waals surface area contributed by atoms with E-state index in [0.29, 0.717) is 29.6 Å². The van der Waals surface area contributed by atoms with Crippen molar-refractivity contribution in [1.82, 2.24) is 0 Å². The van der Waals surface area contributed by atoms with Crippen molar-refractivity contribution < 1.29 is 24.1 Å². The number of quaternary nitrogens is 1. The quantitative estimate of drug-likeness (QED) is 0.490. The van der Waals surface area contributed by atoms with Gasteiger partial charge < -0.3 is 19.7 Å². The molecule has 0 aliphatic carbocycles. The minimum Gasteiger partial charge on any atom is -0.494 e. The third-order valence-corrected chi connectivity index (χ3v) is 4.62. The molecule has 1 unspecified atom stereocenters. The van der Waals surface area contributed by atoms with Gasteiger partial charge in [-0.05, 0) is 37.3 Å². The van der Waals surface area contributed by atoms with Crippen LogP contribution in [0.5, 0.6) is 11.5 Å². The molecular formula is C19H23ClN3O5+. The van der Waals surface area contributed by atoms with Gasteiger partial charge in [0.25, 0.3) is 11.6 Å². The van der Waals surface area contributed by atoms with E-state index >= 15 is 0 Å². The smallest absolute Gasteiger partial charge is 0.282 e. The van der Waals surface area contributed by atoms with Gasteiger partial charge in [-0.1, -0.05) is 11.6 Å². The molecule has 0 bridgehead atoms. The lowest BCUT2D eigenvalue weighted by atomic mass is 10.2. The van der Waals surface area contributed by atoms with Crippen molar-refractivity contribution >= 4 is 28.9 Å². The lowest BCUT2D eigenvalue weighted by Gasteiger charge is -2.21. The number of hydrogen-bond acceptors (Lipinski definition) is 5. The first-order valence-corrected chi connectivity index (χ1v) is 9.03. The zero-order valence-corrected chi connectivity index (χ0v) is 16.7. The van der Waals surface area contributed by atoms with E-state index in [1.807, 2.05) is 7.05 Å². The van der Waals surface area contributed by atoms with Gasteiger partial charge in [-0.3, -0.25) is 14.9 Å². The summed E-state index contributed by atoms with van der Waals surface area (Å²) in [5.74, 6) is 0.722. The minimum absolute atomic E-state index is 0.106. The first-order chi connectivity index (χ1) is 13.3. The minimum atomic E-state index is -0.518. The lowest BCUT2D eigenvalue weighted by Crippen LogP contribution is -3.14. The molecule has 2 rings (SSSR count). The number of anilines is 1. The molecule has 2 N–H and O–H groups in total. The van der Waals surface area contributed by atoms with Crippen LogP contribution in [0.1, 0.15) is 6.92 Å². The van der Waals surface area contributed by atoms with Gasteiger partial charge in [-0.2, -0.15) is 0 Å². The predicted molar refractivity (Wildman–Crippen MR) is 106 cm³/mol. The number of benzene rings is 2. The number of amides is 1. The summed E-state index contributed by atoms with van der Waals surface area (Å²) >= 11 is 5.84. The van der Waals surface area contributed by atoms with E-state index in [-0.39, 0.29) is 23.4 Å². The summed E-state index contributed by atoms with van der Waals surface area (Å²) in [4.78, 5) is 23.8. The Hall–Kier alpha value is -2.84. The Morgan fingerprint density at radius 1 is 1.29 bits per heavy atom. The number of likely N-dealkylation sites (N-methyl/N-ethyl adjacent to an activating group) is 1. The molecule has 150 valence electrons. The Labute approximate surface area is 168 Å². The Bertz CT molecular complexity index is 829. The van der Waals surface area contributed by atoms with Crippen LogP contribution < -0.4 is 19.7 Å². The molecule has 0 radical (unpaired) electrons. The molecule has 0 aromatic heterocycles. The molecule has 0 saturated heterocycles. The molecule has 2 atom stereocenters. The number of rotatable bonds is 9. The molecule has 0 fully saturated rings. The van der Waals surface area contributed by atoms with E-state index in [9.17, 15) is 14.9 Å². The van der Waals surface area contributed by atoms with Crippen molar-refractivity contribution in [3.8, 4) is 11.5 Å². The predicted octanol–water partition coefficient (Wildman–Crippen LogP) is 2.18. The largest absolute Gasteiger partial charge is 0.494 e. The van der Waals surface area contributed by atoms with Crippen LogP contribution in [0.3, 0.4) is 0 Å². The number of methoxy groups -OCH3 is 1. The second-order valence-corrected chi connectivity index (χ2v) is 6.69. The number of hydrogen-bond donors (Lipinski definition) is 2. The van der Waals surface area contributed by atoms with Gasteiger partial charge in [0, 0.05) is 11.1 Å². The van der Waals surface area contributed by atoms with Crippen LogP contribution in [0, 0.1) is 10.1 Å². The van der Waals surface area contributed by atoms with E-state index in [2.05, 4.69) is 5.32 Å². The molecule has 2 aromatic rings. The van der Waals surface area contributed by atoms with E-state index in [4.69, 9.17) is 21.1 Å². The van der Waals surface area contributed by atoms with Crippen LogP contribution in [-0.2, 0) is 4.79 Å². The maximum atomic E-state index is 12.5. The molecule has 0 saturated carbocycles. The molecule has 2 aromatic carbocycles. The van der Waals surface area contributed by atoms with Crippen molar-refractivity contribution in [2.24, 2.45) is 0 Å². The first-order valence-electron chi connectivity index (χ1n) is 8.65. The van der Waals surface area contributed by atoms with Gasteiger partial charge >= 0.3 is 0 Å². The summed E-state index contributed by atoms with van der Waals surface area (Å²) < 4.78 is 10.8. The Balaban J connectivity index is 1.90. The molecule has 9 heteroatoms. The average molecular weight is 409 g/mol. The van der Waals surface area contributed by atoms with Crippen LogP contribution in [0.15, 0.2) is 42.5 Å². The molecule has 8 nitrogen and oxygen atoms in total. The van der Waals surface area contributed by atoms with Crippen LogP contribution in [-0.4, -0.2) is 44.2 Å². The Morgan fingerprint density at radius 3 is 2.57 bits per heavy atom. The van der Waals surface area contributed by atoms with Gasteiger partial charge in [0.05, 0.1) is 30.8 Å². The third kappa shape index (κ3) is 5.83. The summed E-state index contributed by atoms with van der Waals surface area (Å²) in [7, 11) is 3.28. The summed E-state index contributed by atoms with van der Waals surface area (Å²) in [5.41, 5.74) is 0.278. The second-order valence-electron chi connectivity index (χ2n) is 6.25. The van der Waals surface area contributed by atoms with Crippen LogP contribution >= 0.6 is 11.6 Å². The number of carbonyl (C=O) groups excluding carboxylic acids is 1. The molecule has 1 amide bonds. The summed E-state index contributed by atoms with van der Waals surface area (Å²) in [6.45, 7) is 2.84. The van der Waals surface area contributed by atoms with Crippen molar-refractivity contribution in [1.29, 1.82) is 0 Å². The standard InChI is InChI=1S/C19H22ClN3O5/c1-13(22(2)10-11-28-16-7-4-14(20)5-8-16)19(24)21-17-9-6-15(23(25)26)12-18(17)27-3/h4-9,12-13H,10-11H2,1-3H3,(H,21,24)/p+1/t13-/m0/s1. The highest BCUT2D eigenvalue weighted by atomic mass is 35.5. The fourth-order valence-corrected chi connectivity index (χ4v) is 2.56. The number of nitrogens with zero attached hydrogens (tertiary/aromatic N) is 1. The molecule has 28 heavy (non-hydrogen) atoms. The van der Waals surface area contributed by atoms with Crippen LogP contribution in [0.25, 0.3) is 0 Å². The SMILES string of the molecule is COc1cc([N+](=O)[O-])ccc1NC(=O)[C@H](C)[NH+](C)CCOc1ccc(Cl)cc1. The lowest BCUT2D eigenvalue weighted by molar-refractivity contribution is -0.894. The zero-order chi connectivity index (χ0) is 20.7.